The normalized spacial score (nSPS) is 13.9. The van der Waals surface area contributed by atoms with Gasteiger partial charge < -0.3 is 20.3 Å². The lowest BCUT2D eigenvalue weighted by Crippen LogP contribution is -2.42. The molecule has 0 spiro atoms. The molecule has 1 atom stereocenters. The van der Waals surface area contributed by atoms with E-state index in [4.69, 9.17) is 4.74 Å². The fourth-order valence-corrected chi connectivity index (χ4v) is 3.25. The summed E-state index contributed by atoms with van der Waals surface area (Å²) in [6.45, 7) is 4.33. The Morgan fingerprint density at radius 2 is 1.97 bits per heavy atom. The number of nitrogens with one attached hydrogen (secondary N) is 2. The van der Waals surface area contributed by atoms with Gasteiger partial charge in [-0.3, -0.25) is 14.4 Å². The highest BCUT2D eigenvalue weighted by Gasteiger charge is 2.26. The highest BCUT2D eigenvalue weighted by atomic mass is 16.5. The Labute approximate surface area is 170 Å². The second-order valence-electron chi connectivity index (χ2n) is 6.84. The molecule has 2 N–H and O–H groups in total. The number of amides is 3. The number of ether oxygens (including phenoxy) is 1. The van der Waals surface area contributed by atoms with Crippen LogP contribution in [0.1, 0.15) is 38.3 Å². The van der Waals surface area contributed by atoms with Gasteiger partial charge in [0, 0.05) is 12.8 Å². The quantitative estimate of drug-likeness (QED) is 0.754. The highest BCUT2D eigenvalue weighted by molar-refractivity contribution is 6.10. The minimum atomic E-state index is -0.256. The van der Waals surface area contributed by atoms with Crippen molar-refractivity contribution in [3.63, 3.8) is 0 Å². The number of hydrogen-bond acceptors (Lipinski definition) is 4. The SMILES string of the molecule is CCOc1cccc(C(C)NC(=O)CCC(=O)N2CC(=O)Nc3ccccc32)c1. The van der Waals surface area contributed by atoms with Crippen LogP contribution in [0.5, 0.6) is 5.75 Å². The molecule has 7 nitrogen and oxygen atoms in total. The van der Waals surface area contributed by atoms with Crippen LogP contribution >= 0.6 is 0 Å². The van der Waals surface area contributed by atoms with Crippen LogP contribution in [0.15, 0.2) is 48.5 Å². The smallest absolute Gasteiger partial charge is 0.244 e. The Bertz CT molecular complexity index is 912. The minimum absolute atomic E-state index is 0.0269. The van der Waals surface area contributed by atoms with Gasteiger partial charge in [0.05, 0.1) is 24.0 Å². The first kappa shape index (κ1) is 20.4. The summed E-state index contributed by atoms with van der Waals surface area (Å²) in [7, 11) is 0. The summed E-state index contributed by atoms with van der Waals surface area (Å²) in [5, 5.41) is 5.65. The van der Waals surface area contributed by atoms with Crippen molar-refractivity contribution in [2.75, 3.05) is 23.4 Å². The van der Waals surface area contributed by atoms with Crippen LogP contribution in [0.2, 0.25) is 0 Å². The minimum Gasteiger partial charge on any atom is -0.494 e. The van der Waals surface area contributed by atoms with E-state index in [0.717, 1.165) is 11.3 Å². The standard InChI is InChI=1S/C22H25N3O4/c1-3-29-17-8-6-7-16(13-17)15(2)23-20(26)11-12-22(28)25-14-21(27)24-18-9-4-5-10-19(18)25/h4-10,13,15H,3,11-12,14H2,1-2H3,(H,23,26)(H,24,27). The lowest BCUT2D eigenvalue weighted by atomic mass is 10.1. The van der Waals surface area contributed by atoms with E-state index in [0.29, 0.717) is 18.0 Å². The number of hydrogen-bond donors (Lipinski definition) is 2. The summed E-state index contributed by atoms with van der Waals surface area (Å²) in [6.07, 6.45) is 0.0771. The fraction of sp³-hybridized carbons (Fsp3) is 0.318. The van der Waals surface area contributed by atoms with Gasteiger partial charge in [-0.2, -0.15) is 0 Å². The molecule has 29 heavy (non-hydrogen) atoms. The van der Waals surface area contributed by atoms with Crippen LogP contribution in [-0.4, -0.2) is 30.9 Å². The molecular formula is C22H25N3O4. The molecule has 1 heterocycles. The van der Waals surface area contributed by atoms with Crippen molar-refractivity contribution >= 4 is 29.1 Å². The van der Waals surface area contributed by atoms with E-state index < -0.39 is 0 Å². The molecule has 152 valence electrons. The molecule has 2 aromatic rings. The molecule has 0 fully saturated rings. The molecule has 0 aromatic heterocycles. The van der Waals surface area contributed by atoms with Crippen LogP contribution in [0, 0.1) is 0 Å². The Kier molecular flexibility index (Phi) is 6.49. The van der Waals surface area contributed by atoms with Crippen LogP contribution in [0.3, 0.4) is 0 Å². The van der Waals surface area contributed by atoms with Gasteiger partial charge in [-0.25, -0.2) is 0 Å². The number of carbonyl (C=O) groups excluding carboxylic acids is 3. The molecule has 0 saturated heterocycles. The summed E-state index contributed by atoms with van der Waals surface area (Å²) in [5.74, 6) is 0.0310. The number of rotatable bonds is 7. The molecule has 0 bridgehead atoms. The first-order valence-electron chi connectivity index (χ1n) is 9.69. The third-order valence-electron chi connectivity index (χ3n) is 4.68. The molecule has 1 aliphatic heterocycles. The van der Waals surface area contributed by atoms with Gasteiger partial charge in [-0.05, 0) is 43.7 Å². The second-order valence-corrected chi connectivity index (χ2v) is 6.84. The highest BCUT2D eigenvalue weighted by Crippen LogP contribution is 2.29. The van der Waals surface area contributed by atoms with E-state index in [1.165, 1.54) is 4.90 Å². The van der Waals surface area contributed by atoms with Gasteiger partial charge in [-0.1, -0.05) is 24.3 Å². The van der Waals surface area contributed by atoms with Crippen LogP contribution in [0.25, 0.3) is 0 Å². The Balaban J connectivity index is 1.56. The van der Waals surface area contributed by atoms with Crippen molar-refractivity contribution in [3.8, 4) is 5.75 Å². The van der Waals surface area contributed by atoms with Crippen molar-refractivity contribution < 1.29 is 19.1 Å². The molecule has 7 heteroatoms. The molecule has 3 rings (SSSR count). The van der Waals surface area contributed by atoms with E-state index >= 15 is 0 Å². The molecule has 1 aliphatic rings. The number of carbonyl (C=O) groups is 3. The first-order chi connectivity index (χ1) is 14.0. The lowest BCUT2D eigenvalue weighted by molar-refractivity contribution is -0.126. The summed E-state index contributed by atoms with van der Waals surface area (Å²) in [5.41, 5.74) is 2.18. The Hall–Kier alpha value is -3.35. The van der Waals surface area contributed by atoms with Gasteiger partial charge in [0.2, 0.25) is 17.7 Å². The van der Waals surface area contributed by atoms with E-state index in [9.17, 15) is 14.4 Å². The predicted octanol–water partition coefficient (Wildman–Crippen LogP) is 3.03. The van der Waals surface area contributed by atoms with Gasteiger partial charge in [0.1, 0.15) is 12.3 Å². The third-order valence-corrected chi connectivity index (χ3v) is 4.68. The maximum Gasteiger partial charge on any atom is 0.244 e. The molecular weight excluding hydrogens is 370 g/mol. The number of nitrogens with zero attached hydrogens (tertiary/aromatic N) is 1. The molecule has 0 saturated carbocycles. The molecule has 0 radical (unpaired) electrons. The Morgan fingerprint density at radius 3 is 2.76 bits per heavy atom. The Morgan fingerprint density at radius 1 is 1.17 bits per heavy atom. The van der Waals surface area contributed by atoms with Crippen LogP contribution in [-0.2, 0) is 14.4 Å². The number of anilines is 2. The lowest BCUT2D eigenvalue weighted by Gasteiger charge is -2.29. The van der Waals surface area contributed by atoms with Crippen LogP contribution in [0.4, 0.5) is 11.4 Å². The van der Waals surface area contributed by atoms with Gasteiger partial charge >= 0.3 is 0 Å². The summed E-state index contributed by atoms with van der Waals surface area (Å²) >= 11 is 0. The van der Waals surface area contributed by atoms with Crippen molar-refractivity contribution in [1.29, 1.82) is 0 Å². The van der Waals surface area contributed by atoms with Gasteiger partial charge in [0.15, 0.2) is 0 Å². The van der Waals surface area contributed by atoms with Gasteiger partial charge in [-0.15, -0.1) is 0 Å². The number of benzene rings is 2. The first-order valence-corrected chi connectivity index (χ1v) is 9.69. The maximum absolute atomic E-state index is 12.6. The number of para-hydroxylation sites is 2. The topological polar surface area (TPSA) is 87.7 Å². The van der Waals surface area contributed by atoms with Crippen molar-refractivity contribution in [1.82, 2.24) is 5.32 Å². The summed E-state index contributed by atoms with van der Waals surface area (Å²) < 4.78 is 5.49. The largest absolute Gasteiger partial charge is 0.494 e. The molecule has 0 aliphatic carbocycles. The summed E-state index contributed by atoms with van der Waals surface area (Å²) in [6, 6.07) is 14.5. The third kappa shape index (κ3) is 5.13. The van der Waals surface area contributed by atoms with E-state index in [1.54, 1.807) is 24.3 Å². The monoisotopic (exact) mass is 395 g/mol. The number of fused-ring (bicyclic) bond motifs is 1. The fourth-order valence-electron chi connectivity index (χ4n) is 3.25. The van der Waals surface area contributed by atoms with Crippen molar-refractivity contribution in [3.05, 3.63) is 54.1 Å². The average Bonchev–Trinajstić information content (AvgIpc) is 2.71. The molecule has 2 aromatic carbocycles. The predicted molar refractivity (Wildman–Crippen MR) is 111 cm³/mol. The van der Waals surface area contributed by atoms with E-state index in [1.807, 2.05) is 38.1 Å². The zero-order valence-electron chi connectivity index (χ0n) is 16.6. The van der Waals surface area contributed by atoms with Gasteiger partial charge in [0.25, 0.3) is 0 Å². The van der Waals surface area contributed by atoms with E-state index in [2.05, 4.69) is 10.6 Å². The van der Waals surface area contributed by atoms with Crippen molar-refractivity contribution in [2.45, 2.75) is 32.7 Å². The molecule has 3 amide bonds. The maximum atomic E-state index is 12.6. The second kappa shape index (κ2) is 9.23. The average molecular weight is 395 g/mol. The zero-order valence-corrected chi connectivity index (χ0v) is 16.6. The summed E-state index contributed by atoms with van der Waals surface area (Å²) in [4.78, 5) is 38.3. The zero-order chi connectivity index (χ0) is 20.8. The molecule has 1 unspecified atom stereocenters. The van der Waals surface area contributed by atoms with E-state index in [-0.39, 0.29) is 43.1 Å². The van der Waals surface area contributed by atoms with Crippen molar-refractivity contribution in [2.24, 2.45) is 0 Å². The van der Waals surface area contributed by atoms with Crippen LogP contribution < -0.4 is 20.3 Å².